The zero-order chi connectivity index (χ0) is 12.6. The number of aliphatic carboxylic acids is 1. The first-order valence-corrected chi connectivity index (χ1v) is 6.90. The van der Waals surface area contributed by atoms with Crippen LogP contribution in [0.25, 0.3) is 0 Å². The average molecular weight is 258 g/mol. The maximum absolute atomic E-state index is 13.5. The van der Waals surface area contributed by atoms with Crippen LogP contribution in [0.2, 0.25) is 0 Å². The summed E-state index contributed by atoms with van der Waals surface area (Å²) in [5.74, 6) is -4.32. The smallest absolute Gasteiger partial charge is 0.308 e. The highest BCUT2D eigenvalue weighted by molar-refractivity contribution is 7.91. The standard InChI is InChI=1S/C11H11FO4S/c12-10-4-2-1-3-7(10)8-5-17(15,16)6-9(8)11(13)14/h1-4,8-9H,5-6H2,(H,13,14). The van der Waals surface area contributed by atoms with Crippen molar-refractivity contribution in [2.75, 3.05) is 11.5 Å². The van der Waals surface area contributed by atoms with Crippen molar-refractivity contribution in [1.29, 1.82) is 0 Å². The molecule has 0 bridgehead atoms. The largest absolute Gasteiger partial charge is 0.481 e. The third kappa shape index (κ3) is 2.31. The summed E-state index contributed by atoms with van der Waals surface area (Å²) in [5.41, 5.74) is 0.168. The first-order chi connectivity index (χ1) is 7.91. The SMILES string of the molecule is O=C(O)C1CS(=O)(=O)CC1c1ccccc1F. The second-order valence-electron chi connectivity index (χ2n) is 4.15. The van der Waals surface area contributed by atoms with Crippen molar-refractivity contribution in [3.8, 4) is 0 Å². The minimum absolute atomic E-state index is 0.168. The summed E-state index contributed by atoms with van der Waals surface area (Å²) in [6.45, 7) is 0. The van der Waals surface area contributed by atoms with Gasteiger partial charge < -0.3 is 5.11 Å². The Morgan fingerprint density at radius 2 is 1.94 bits per heavy atom. The van der Waals surface area contributed by atoms with E-state index in [0.717, 1.165) is 0 Å². The van der Waals surface area contributed by atoms with E-state index in [2.05, 4.69) is 0 Å². The van der Waals surface area contributed by atoms with Gasteiger partial charge >= 0.3 is 5.97 Å². The molecule has 0 amide bonds. The topological polar surface area (TPSA) is 71.4 Å². The quantitative estimate of drug-likeness (QED) is 0.860. The molecule has 2 atom stereocenters. The molecule has 0 radical (unpaired) electrons. The fourth-order valence-electron chi connectivity index (χ4n) is 2.17. The Balaban J connectivity index is 2.44. The molecule has 1 aliphatic heterocycles. The summed E-state index contributed by atoms with van der Waals surface area (Å²) in [6, 6.07) is 5.70. The first-order valence-electron chi connectivity index (χ1n) is 5.08. The van der Waals surface area contributed by atoms with Crippen LogP contribution < -0.4 is 0 Å². The molecule has 0 saturated carbocycles. The Morgan fingerprint density at radius 3 is 2.53 bits per heavy atom. The van der Waals surface area contributed by atoms with Crippen molar-refractivity contribution in [3.05, 3.63) is 35.6 Å². The van der Waals surface area contributed by atoms with Gasteiger partial charge in [-0.1, -0.05) is 18.2 Å². The molecule has 1 heterocycles. The maximum Gasteiger partial charge on any atom is 0.308 e. The molecule has 6 heteroatoms. The highest BCUT2D eigenvalue weighted by Gasteiger charge is 2.43. The van der Waals surface area contributed by atoms with Crippen LogP contribution in [0.4, 0.5) is 4.39 Å². The predicted molar refractivity (Wildman–Crippen MR) is 58.9 cm³/mol. The lowest BCUT2D eigenvalue weighted by molar-refractivity contribution is -0.141. The van der Waals surface area contributed by atoms with Crippen molar-refractivity contribution in [2.45, 2.75) is 5.92 Å². The molecule has 1 aromatic carbocycles. The Hall–Kier alpha value is -1.43. The summed E-state index contributed by atoms with van der Waals surface area (Å²) in [6.07, 6.45) is 0. The van der Waals surface area contributed by atoms with Gasteiger partial charge in [-0.05, 0) is 11.6 Å². The van der Waals surface area contributed by atoms with Gasteiger partial charge in [0.25, 0.3) is 0 Å². The van der Waals surface area contributed by atoms with Crippen LogP contribution >= 0.6 is 0 Å². The fraction of sp³-hybridized carbons (Fsp3) is 0.364. The highest BCUT2D eigenvalue weighted by atomic mass is 32.2. The van der Waals surface area contributed by atoms with Crippen LogP contribution in [0.5, 0.6) is 0 Å². The van der Waals surface area contributed by atoms with Gasteiger partial charge in [0, 0.05) is 5.92 Å². The normalized spacial score (nSPS) is 26.9. The summed E-state index contributed by atoms with van der Waals surface area (Å²) in [4.78, 5) is 11.0. The van der Waals surface area contributed by atoms with E-state index in [1.54, 1.807) is 6.07 Å². The van der Waals surface area contributed by atoms with Crippen LogP contribution in [0.3, 0.4) is 0 Å². The van der Waals surface area contributed by atoms with Crippen LogP contribution in [-0.2, 0) is 14.6 Å². The number of halogens is 1. The molecular weight excluding hydrogens is 247 g/mol. The van der Waals surface area contributed by atoms with Crippen LogP contribution in [-0.4, -0.2) is 31.0 Å². The van der Waals surface area contributed by atoms with Crippen LogP contribution in [0.1, 0.15) is 11.5 Å². The van der Waals surface area contributed by atoms with Gasteiger partial charge in [0.15, 0.2) is 9.84 Å². The molecule has 2 rings (SSSR count). The van der Waals surface area contributed by atoms with Crippen LogP contribution in [0, 0.1) is 11.7 Å². The lowest BCUT2D eigenvalue weighted by atomic mass is 9.89. The van der Waals surface area contributed by atoms with Gasteiger partial charge in [0.05, 0.1) is 17.4 Å². The van der Waals surface area contributed by atoms with Crippen molar-refractivity contribution in [3.63, 3.8) is 0 Å². The molecule has 0 aliphatic carbocycles. The molecular formula is C11H11FO4S. The number of carbonyl (C=O) groups is 1. The molecule has 4 nitrogen and oxygen atoms in total. The maximum atomic E-state index is 13.5. The minimum atomic E-state index is -3.40. The molecule has 1 N–H and O–H groups in total. The number of carboxylic acids is 1. The summed E-state index contributed by atoms with van der Waals surface area (Å²) in [7, 11) is -3.40. The third-order valence-corrected chi connectivity index (χ3v) is 4.71. The average Bonchev–Trinajstić information content (AvgIpc) is 2.55. The Kier molecular flexibility index (Phi) is 2.91. The van der Waals surface area contributed by atoms with Crippen molar-refractivity contribution in [1.82, 2.24) is 0 Å². The van der Waals surface area contributed by atoms with Crippen LogP contribution in [0.15, 0.2) is 24.3 Å². The molecule has 1 fully saturated rings. The Bertz CT molecular complexity index is 552. The molecule has 92 valence electrons. The summed E-state index contributed by atoms with van der Waals surface area (Å²) < 4.78 is 36.5. The van der Waals surface area contributed by atoms with E-state index >= 15 is 0 Å². The third-order valence-electron chi connectivity index (χ3n) is 2.97. The second kappa shape index (κ2) is 4.10. The molecule has 17 heavy (non-hydrogen) atoms. The highest BCUT2D eigenvalue weighted by Crippen LogP contribution is 2.35. The fourth-order valence-corrected chi connectivity index (χ4v) is 4.19. The number of benzene rings is 1. The number of rotatable bonds is 2. The van der Waals surface area contributed by atoms with Gasteiger partial charge in [-0.2, -0.15) is 0 Å². The molecule has 1 aromatic rings. The molecule has 0 spiro atoms. The van der Waals surface area contributed by atoms with Gasteiger partial charge in [0.2, 0.25) is 0 Å². The van der Waals surface area contributed by atoms with Gasteiger partial charge in [0.1, 0.15) is 5.82 Å². The van der Waals surface area contributed by atoms with Gasteiger partial charge in [-0.15, -0.1) is 0 Å². The summed E-state index contributed by atoms with van der Waals surface area (Å²) in [5, 5.41) is 8.98. The van der Waals surface area contributed by atoms with E-state index in [-0.39, 0.29) is 11.3 Å². The van der Waals surface area contributed by atoms with Crippen molar-refractivity contribution in [2.24, 2.45) is 5.92 Å². The van der Waals surface area contributed by atoms with E-state index < -0.39 is 39.2 Å². The number of carboxylic acid groups (broad SMARTS) is 1. The molecule has 1 aliphatic rings. The van der Waals surface area contributed by atoms with E-state index in [1.165, 1.54) is 18.2 Å². The zero-order valence-corrected chi connectivity index (χ0v) is 9.65. The molecule has 2 unspecified atom stereocenters. The summed E-state index contributed by atoms with van der Waals surface area (Å²) >= 11 is 0. The monoisotopic (exact) mass is 258 g/mol. The van der Waals surface area contributed by atoms with Gasteiger partial charge in [-0.25, -0.2) is 12.8 Å². The predicted octanol–water partition coefficient (Wildman–Crippen LogP) is 1.04. The van der Waals surface area contributed by atoms with E-state index in [0.29, 0.717) is 0 Å². The Morgan fingerprint density at radius 1 is 1.29 bits per heavy atom. The first kappa shape index (κ1) is 12.0. The number of hydrogen-bond acceptors (Lipinski definition) is 3. The Labute approximate surface area is 98.0 Å². The van der Waals surface area contributed by atoms with Crippen molar-refractivity contribution >= 4 is 15.8 Å². The van der Waals surface area contributed by atoms with E-state index in [4.69, 9.17) is 5.11 Å². The van der Waals surface area contributed by atoms with Crippen molar-refractivity contribution < 1.29 is 22.7 Å². The lowest BCUT2D eigenvalue weighted by Gasteiger charge is -2.14. The zero-order valence-electron chi connectivity index (χ0n) is 8.84. The number of sulfone groups is 1. The molecule has 1 saturated heterocycles. The van der Waals surface area contributed by atoms with E-state index in [9.17, 15) is 17.6 Å². The second-order valence-corrected chi connectivity index (χ2v) is 6.30. The van der Waals surface area contributed by atoms with Gasteiger partial charge in [-0.3, -0.25) is 4.79 Å². The minimum Gasteiger partial charge on any atom is -0.481 e. The van der Waals surface area contributed by atoms with E-state index in [1.807, 2.05) is 0 Å². The molecule has 0 aromatic heterocycles. The number of hydrogen-bond donors (Lipinski definition) is 1. The lowest BCUT2D eigenvalue weighted by Crippen LogP contribution is -2.21.